The van der Waals surface area contributed by atoms with Crippen LogP contribution >= 0.6 is 0 Å². The van der Waals surface area contributed by atoms with E-state index in [0.29, 0.717) is 5.88 Å². The maximum absolute atomic E-state index is 6.57. The Balaban J connectivity index is 1.68. The average molecular weight is 463 g/mol. The molecule has 0 amide bonds. The molecule has 3 heterocycles. The number of rotatable bonds is 1. The minimum atomic E-state index is 0.0682. The standard InChI is InChI=1S/C31H30N2O2/c1-17-8-11-26-23(12-17)29-30(35-26)33(28-18(2)13-22(14-19(28)3)31(5,6)7)25-15-21-10-9-20(4)32-24(21)16-27(25)34-29/h8-16H,1-7H3. The first-order valence-electron chi connectivity index (χ1n) is 12.1. The number of anilines is 3. The van der Waals surface area contributed by atoms with Crippen LogP contribution in [0.5, 0.6) is 11.5 Å². The van der Waals surface area contributed by atoms with Crippen LogP contribution in [0.2, 0.25) is 0 Å². The first-order valence-corrected chi connectivity index (χ1v) is 12.1. The van der Waals surface area contributed by atoms with Gasteiger partial charge in [0.2, 0.25) is 5.88 Å². The van der Waals surface area contributed by atoms with Crippen molar-refractivity contribution in [2.45, 2.75) is 53.9 Å². The van der Waals surface area contributed by atoms with Gasteiger partial charge in [0.15, 0.2) is 11.5 Å². The van der Waals surface area contributed by atoms with Crippen molar-refractivity contribution in [3.8, 4) is 11.5 Å². The first kappa shape index (κ1) is 21.7. The van der Waals surface area contributed by atoms with Gasteiger partial charge in [0, 0.05) is 17.1 Å². The third-order valence-corrected chi connectivity index (χ3v) is 6.93. The molecule has 2 aromatic heterocycles. The van der Waals surface area contributed by atoms with Crippen molar-refractivity contribution >= 4 is 39.1 Å². The van der Waals surface area contributed by atoms with Gasteiger partial charge >= 0.3 is 0 Å². The van der Waals surface area contributed by atoms with Crippen LogP contribution in [0.25, 0.3) is 21.9 Å². The highest BCUT2D eigenvalue weighted by molar-refractivity contribution is 6.00. The summed E-state index contributed by atoms with van der Waals surface area (Å²) in [7, 11) is 0. The van der Waals surface area contributed by atoms with Crippen LogP contribution in [0.15, 0.2) is 59.0 Å². The fraction of sp³-hybridized carbons (Fsp3) is 0.258. The molecule has 6 rings (SSSR count). The molecule has 0 fully saturated rings. The van der Waals surface area contributed by atoms with E-state index in [1.165, 1.54) is 22.3 Å². The van der Waals surface area contributed by atoms with Gasteiger partial charge < -0.3 is 9.15 Å². The molecule has 0 aliphatic carbocycles. The number of fused-ring (bicyclic) bond motifs is 5. The molecule has 0 saturated heterocycles. The van der Waals surface area contributed by atoms with Crippen LogP contribution in [-0.4, -0.2) is 4.98 Å². The van der Waals surface area contributed by atoms with E-state index in [9.17, 15) is 0 Å². The summed E-state index contributed by atoms with van der Waals surface area (Å²) >= 11 is 0. The zero-order chi connectivity index (χ0) is 24.6. The molecular formula is C31H30N2O2. The largest absolute Gasteiger partial charge is 0.449 e. The predicted molar refractivity (Wildman–Crippen MR) is 144 cm³/mol. The highest BCUT2D eigenvalue weighted by Crippen LogP contribution is 2.56. The van der Waals surface area contributed by atoms with E-state index in [0.717, 1.165) is 50.4 Å². The van der Waals surface area contributed by atoms with E-state index < -0.39 is 0 Å². The normalized spacial score (nSPS) is 13.2. The molecule has 0 N–H and O–H groups in total. The van der Waals surface area contributed by atoms with Crippen molar-refractivity contribution < 1.29 is 9.15 Å². The van der Waals surface area contributed by atoms with Crippen molar-refractivity contribution in [3.63, 3.8) is 0 Å². The maximum Gasteiger partial charge on any atom is 0.249 e. The van der Waals surface area contributed by atoms with Gasteiger partial charge in [-0.1, -0.05) is 50.6 Å². The quantitative estimate of drug-likeness (QED) is 0.244. The minimum absolute atomic E-state index is 0.0682. The summed E-state index contributed by atoms with van der Waals surface area (Å²) in [5, 5.41) is 2.05. The smallest absolute Gasteiger partial charge is 0.249 e. The van der Waals surface area contributed by atoms with Gasteiger partial charge in [-0.05, 0) is 74.1 Å². The van der Waals surface area contributed by atoms with Crippen LogP contribution in [0.1, 0.15) is 48.7 Å². The van der Waals surface area contributed by atoms with E-state index >= 15 is 0 Å². The number of hydrogen-bond acceptors (Lipinski definition) is 4. The number of aromatic nitrogens is 1. The maximum atomic E-state index is 6.57. The monoisotopic (exact) mass is 462 g/mol. The minimum Gasteiger partial charge on any atom is -0.449 e. The second-order valence-electron chi connectivity index (χ2n) is 10.8. The Hall–Kier alpha value is -3.79. The van der Waals surface area contributed by atoms with Crippen LogP contribution < -0.4 is 9.64 Å². The van der Waals surface area contributed by atoms with E-state index in [1.54, 1.807) is 0 Å². The highest BCUT2D eigenvalue weighted by atomic mass is 16.5. The van der Waals surface area contributed by atoms with Gasteiger partial charge in [-0.15, -0.1) is 0 Å². The Bertz CT molecular complexity index is 1630. The summed E-state index contributed by atoms with van der Waals surface area (Å²) in [5.41, 5.74) is 9.77. The van der Waals surface area contributed by atoms with Gasteiger partial charge in [-0.3, -0.25) is 9.88 Å². The zero-order valence-corrected chi connectivity index (χ0v) is 21.4. The number of nitrogens with zero attached hydrogens (tertiary/aromatic N) is 2. The summed E-state index contributed by atoms with van der Waals surface area (Å²) < 4.78 is 13.1. The lowest BCUT2D eigenvalue weighted by Gasteiger charge is -2.33. The Morgan fingerprint density at radius 2 is 1.57 bits per heavy atom. The lowest BCUT2D eigenvalue weighted by atomic mass is 9.84. The van der Waals surface area contributed by atoms with Crippen molar-refractivity contribution in [2.75, 3.05) is 4.90 Å². The van der Waals surface area contributed by atoms with E-state index in [1.807, 2.05) is 19.1 Å². The Kier molecular flexibility index (Phi) is 4.56. The number of aryl methyl sites for hydroxylation is 4. The number of furan rings is 1. The number of ether oxygens (including phenoxy) is 1. The van der Waals surface area contributed by atoms with E-state index in [4.69, 9.17) is 14.1 Å². The molecule has 5 aromatic rings. The first-order chi connectivity index (χ1) is 16.6. The lowest BCUT2D eigenvalue weighted by Crippen LogP contribution is -2.18. The molecule has 1 aliphatic rings. The van der Waals surface area contributed by atoms with Crippen molar-refractivity contribution in [3.05, 3.63) is 82.5 Å². The van der Waals surface area contributed by atoms with E-state index in [2.05, 4.69) is 88.9 Å². The molecule has 0 unspecified atom stereocenters. The van der Waals surface area contributed by atoms with Crippen LogP contribution in [0.4, 0.5) is 17.3 Å². The van der Waals surface area contributed by atoms with Gasteiger partial charge in [-0.2, -0.15) is 0 Å². The second-order valence-corrected chi connectivity index (χ2v) is 10.8. The average Bonchev–Trinajstić information content (AvgIpc) is 3.13. The summed E-state index contributed by atoms with van der Waals surface area (Å²) in [6.45, 7) is 15.2. The zero-order valence-electron chi connectivity index (χ0n) is 21.4. The van der Waals surface area contributed by atoms with Gasteiger partial charge in [0.05, 0.1) is 22.3 Å². The molecule has 0 atom stereocenters. The molecule has 0 spiro atoms. The van der Waals surface area contributed by atoms with Crippen molar-refractivity contribution in [1.82, 2.24) is 4.98 Å². The topological polar surface area (TPSA) is 38.5 Å². The fourth-order valence-electron chi connectivity index (χ4n) is 5.10. The third-order valence-electron chi connectivity index (χ3n) is 6.93. The van der Waals surface area contributed by atoms with Crippen molar-refractivity contribution in [1.29, 1.82) is 0 Å². The molecule has 176 valence electrons. The summed E-state index contributed by atoms with van der Waals surface area (Å²) in [5.74, 6) is 2.25. The lowest BCUT2D eigenvalue weighted by molar-refractivity contribution is 0.464. The molecule has 1 aliphatic heterocycles. The SMILES string of the molecule is Cc1ccc2oc3c(c2c1)Oc1cc2nc(C)ccc2cc1N3c1c(C)cc(C(C)(C)C)cc1C. The van der Waals surface area contributed by atoms with Gasteiger partial charge in [0.1, 0.15) is 5.58 Å². The Morgan fingerprint density at radius 1 is 0.829 bits per heavy atom. The summed E-state index contributed by atoms with van der Waals surface area (Å²) in [6, 6.07) is 19.2. The molecule has 0 radical (unpaired) electrons. The Morgan fingerprint density at radius 3 is 2.29 bits per heavy atom. The Labute approximate surface area is 206 Å². The van der Waals surface area contributed by atoms with Gasteiger partial charge in [-0.25, -0.2) is 0 Å². The molecule has 4 heteroatoms. The predicted octanol–water partition coefficient (Wildman–Crippen LogP) is 9.09. The number of benzene rings is 3. The van der Waals surface area contributed by atoms with Crippen LogP contribution in [0.3, 0.4) is 0 Å². The summed E-state index contributed by atoms with van der Waals surface area (Å²) in [6.07, 6.45) is 0. The number of pyridine rings is 1. The molecule has 3 aromatic carbocycles. The molecule has 0 saturated carbocycles. The van der Waals surface area contributed by atoms with Crippen LogP contribution in [0, 0.1) is 27.7 Å². The van der Waals surface area contributed by atoms with Crippen LogP contribution in [-0.2, 0) is 5.41 Å². The van der Waals surface area contributed by atoms with E-state index in [-0.39, 0.29) is 5.41 Å². The third kappa shape index (κ3) is 3.39. The number of hydrogen-bond donors (Lipinski definition) is 0. The highest BCUT2D eigenvalue weighted by Gasteiger charge is 2.34. The fourth-order valence-corrected chi connectivity index (χ4v) is 5.10. The molecule has 4 nitrogen and oxygen atoms in total. The molecular weight excluding hydrogens is 432 g/mol. The van der Waals surface area contributed by atoms with Crippen molar-refractivity contribution in [2.24, 2.45) is 0 Å². The second kappa shape index (κ2) is 7.35. The molecule has 35 heavy (non-hydrogen) atoms. The molecule has 0 bridgehead atoms. The van der Waals surface area contributed by atoms with Gasteiger partial charge in [0.25, 0.3) is 0 Å². The summed E-state index contributed by atoms with van der Waals surface area (Å²) in [4.78, 5) is 6.99.